The highest BCUT2D eigenvalue weighted by Gasteiger charge is 2.42. The number of pyridine rings is 1. The zero-order chi connectivity index (χ0) is 24.5. The number of carboxylic acid groups (broad SMARTS) is 1. The molecule has 2 N–H and O–H groups in total. The molecule has 7 nitrogen and oxygen atoms in total. The van der Waals surface area contributed by atoms with Gasteiger partial charge in [-0.1, -0.05) is 29.8 Å². The summed E-state index contributed by atoms with van der Waals surface area (Å²) < 4.78 is 11.6. The normalized spacial score (nSPS) is 17.3. The molecule has 3 heterocycles. The number of thiocarbonyl (C=S) groups is 1. The van der Waals surface area contributed by atoms with Crippen LogP contribution in [0.5, 0.6) is 5.75 Å². The quantitative estimate of drug-likeness (QED) is 0.314. The van der Waals surface area contributed by atoms with Crippen LogP contribution in [0.25, 0.3) is 11.3 Å². The molecule has 4 aromatic rings. The largest absolute Gasteiger partial charge is 0.495 e. The molecule has 0 amide bonds. The van der Waals surface area contributed by atoms with Crippen molar-refractivity contribution < 1.29 is 19.1 Å². The van der Waals surface area contributed by atoms with E-state index in [1.807, 2.05) is 41.3 Å². The fourth-order valence-corrected chi connectivity index (χ4v) is 4.77. The molecule has 2 aromatic carbocycles. The van der Waals surface area contributed by atoms with Gasteiger partial charge in [0.1, 0.15) is 23.3 Å². The number of rotatable bonds is 6. The lowest BCUT2D eigenvalue weighted by molar-refractivity contribution is 0.0697. The van der Waals surface area contributed by atoms with Crippen molar-refractivity contribution >= 4 is 40.6 Å². The molecule has 2 aromatic heterocycles. The molecule has 1 fully saturated rings. The van der Waals surface area contributed by atoms with E-state index in [0.29, 0.717) is 27.4 Å². The van der Waals surface area contributed by atoms with Crippen molar-refractivity contribution in [2.45, 2.75) is 12.1 Å². The van der Waals surface area contributed by atoms with Crippen molar-refractivity contribution in [1.29, 1.82) is 0 Å². The van der Waals surface area contributed by atoms with E-state index in [4.69, 9.17) is 33.0 Å². The molecule has 2 atom stereocenters. The molecule has 0 bridgehead atoms. The summed E-state index contributed by atoms with van der Waals surface area (Å²) in [6.07, 6.45) is 1.74. The van der Waals surface area contributed by atoms with Gasteiger partial charge in [0.05, 0.1) is 29.4 Å². The Labute approximate surface area is 211 Å². The summed E-state index contributed by atoms with van der Waals surface area (Å²) >= 11 is 12.2. The highest BCUT2D eigenvalue weighted by atomic mass is 35.5. The maximum absolute atomic E-state index is 11.2. The van der Waals surface area contributed by atoms with Crippen molar-refractivity contribution in [2.75, 3.05) is 12.0 Å². The Hall–Kier alpha value is -3.88. The number of methoxy groups -OCH3 is 1. The minimum atomic E-state index is -0.978. The van der Waals surface area contributed by atoms with Crippen molar-refractivity contribution in [3.8, 4) is 17.1 Å². The molecule has 1 aliphatic rings. The first-order valence-corrected chi connectivity index (χ1v) is 11.5. The SMILES string of the molecule is COc1ccc(N2C(=S)N[C@H](c3ccccn3)[C@H]2c2ccc(-c3ccc(C(=O)O)cc3)o2)cc1Cl. The fourth-order valence-electron chi connectivity index (χ4n) is 4.17. The number of aromatic carboxylic acids is 1. The lowest BCUT2D eigenvalue weighted by Crippen LogP contribution is -2.29. The summed E-state index contributed by atoms with van der Waals surface area (Å²) in [5, 5.41) is 13.5. The van der Waals surface area contributed by atoms with Crippen molar-refractivity contribution in [3.05, 3.63) is 101 Å². The van der Waals surface area contributed by atoms with Gasteiger partial charge in [0.2, 0.25) is 0 Å². The van der Waals surface area contributed by atoms with Gasteiger partial charge in [0.25, 0.3) is 0 Å². The van der Waals surface area contributed by atoms with E-state index in [9.17, 15) is 9.90 Å². The molecule has 9 heteroatoms. The van der Waals surface area contributed by atoms with Gasteiger partial charge < -0.3 is 24.5 Å². The zero-order valence-corrected chi connectivity index (χ0v) is 20.1. The summed E-state index contributed by atoms with van der Waals surface area (Å²) in [4.78, 5) is 17.7. The number of hydrogen-bond acceptors (Lipinski definition) is 5. The third-order valence-corrected chi connectivity index (χ3v) is 6.46. The van der Waals surface area contributed by atoms with Gasteiger partial charge >= 0.3 is 5.97 Å². The average molecular weight is 506 g/mol. The van der Waals surface area contributed by atoms with Crippen LogP contribution in [0.1, 0.15) is 33.9 Å². The lowest BCUT2D eigenvalue weighted by Gasteiger charge is -2.26. The lowest BCUT2D eigenvalue weighted by atomic mass is 10.0. The predicted octanol–water partition coefficient (Wildman–Crippen LogP) is 5.88. The van der Waals surface area contributed by atoms with Crippen LogP contribution < -0.4 is 15.0 Å². The second-order valence-electron chi connectivity index (χ2n) is 7.90. The number of hydrogen-bond donors (Lipinski definition) is 2. The van der Waals surface area contributed by atoms with Crippen LogP contribution in [0.4, 0.5) is 5.69 Å². The number of ether oxygens (including phenoxy) is 1. The smallest absolute Gasteiger partial charge is 0.335 e. The Morgan fingerprint density at radius 3 is 2.60 bits per heavy atom. The summed E-state index contributed by atoms with van der Waals surface area (Å²) in [7, 11) is 1.57. The van der Waals surface area contributed by atoms with Gasteiger partial charge in [-0.2, -0.15) is 0 Å². The first-order chi connectivity index (χ1) is 17.0. The summed E-state index contributed by atoms with van der Waals surface area (Å²) in [5.74, 6) is 0.866. The number of benzene rings is 2. The van der Waals surface area contributed by atoms with Crippen LogP contribution in [-0.4, -0.2) is 28.3 Å². The van der Waals surface area contributed by atoms with Crippen LogP contribution in [-0.2, 0) is 0 Å². The Kier molecular flexibility index (Phi) is 6.15. The minimum absolute atomic E-state index is 0.212. The van der Waals surface area contributed by atoms with E-state index in [1.165, 1.54) is 0 Å². The maximum atomic E-state index is 11.2. The number of furan rings is 1. The minimum Gasteiger partial charge on any atom is -0.495 e. The molecule has 0 unspecified atom stereocenters. The average Bonchev–Trinajstić information content (AvgIpc) is 3.49. The number of aromatic nitrogens is 1. The maximum Gasteiger partial charge on any atom is 0.335 e. The van der Waals surface area contributed by atoms with Gasteiger partial charge in [0.15, 0.2) is 5.11 Å². The van der Waals surface area contributed by atoms with E-state index >= 15 is 0 Å². The van der Waals surface area contributed by atoms with Gasteiger partial charge in [-0.25, -0.2) is 4.79 Å². The number of nitrogens with one attached hydrogen (secondary N) is 1. The molecule has 35 heavy (non-hydrogen) atoms. The summed E-state index contributed by atoms with van der Waals surface area (Å²) in [5.41, 5.74) is 2.57. The first-order valence-electron chi connectivity index (χ1n) is 10.7. The van der Waals surface area contributed by atoms with Crippen molar-refractivity contribution in [1.82, 2.24) is 10.3 Å². The fraction of sp³-hybridized carbons (Fsp3) is 0.115. The molecule has 0 saturated carbocycles. The Morgan fingerprint density at radius 1 is 1.14 bits per heavy atom. The molecule has 1 aliphatic heterocycles. The predicted molar refractivity (Wildman–Crippen MR) is 137 cm³/mol. The summed E-state index contributed by atoms with van der Waals surface area (Å²) in [6.45, 7) is 0. The molecular formula is C26H20ClN3O4S. The second kappa shape index (κ2) is 9.40. The zero-order valence-electron chi connectivity index (χ0n) is 18.5. The number of carboxylic acids is 1. The van der Waals surface area contributed by atoms with Crippen LogP contribution in [0.3, 0.4) is 0 Å². The molecule has 5 rings (SSSR count). The van der Waals surface area contributed by atoms with E-state index in [2.05, 4.69) is 10.3 Å². The van der Waals surface area contributed by atoms with Crippen LogP contribution in [0.2, 0.25) is 5.02 Å². The van der Waals surface area contributed by atoms with E-state index < -0.39 is 5.97 Å². The molecule has 0 radical (unpaired) electrons. The van der Waals surface area contributed by atoms with Crippen molar-refractivity contribution in [2.24, 2.45) is 0 Å². The third-order valence-electron chi connectivity index (χ3n) is 5.85. The van der Waals surface area contributed by atoms with Gasteiger partial charge in [-0.3, -0.25) is 4.98 Å². The van der Waals surface area contributed by atoms with Crippen LogP contribution in [0, 0.1) is 0 Å². The van der Waals surface area contributed by atoms with E-state index in [1.54, 1.807) is 49.7 Å². The molecule has 0 aliphatic carbocycles. The third kappa shape index (κ3) is 4.34. The van der Waals surface area contributed by atoms with Gasteiger partial charge in [-0.05, 0) is 66.8 Å². The number of halogens is 1. The van der Waals surface area contributed by atoms with Crippen LogP contribution >= 0.6 is 23.8 Å². The highest BCUT2D eigenvalue weighted by Crippen LogP contribution is 2.44. The van der Waals surface area contributed by atoms with Crippen LogP contribution in [0.15, 0.2) is 83.4 Å². The Morgan fingerprint density at radius 2 is 1.94 bits per heavy atom. The van der Waals surface area contributed by atoms with Gasteiger partial charge in [0, 0.05) is 17.4 Å². The van der Waals surface area contributed by atoms with Gasteiger partial charge in [-0.15, -0.1) is 0 Å². The van der Waals surface area contributed by atoms with Crippen molar-refractivity contribution in [3.63, 3.8) is 0 Å². The topological polar surface area (TPSA) is 87.8 Å². The number of carbonyl (C=O) groups is 1. The summed E-state index contributed by atoms with van der Waals surface area (Å²) in [6, 6.07) is 20.9. The number of anilines is 1. The molecule has 176 valence electrons. The molecular weight excluding hydrogens is 486 g/mol. The first kappa shape index (κ1) is 22.9. The molecule has 1 saturated heterocycles. The number of nitrogens with zero attached hydrogens (tertiary/aromatic N) is 2. The Bertz CT molecular complexity index is 1390. The van der Waals surface area contributed by atoms with E-state index in [0.717, 1.165) is 16.9 Å². The monoisotopic (exact) mass is 505 g/mol. The standard InChI is InChI=1S/C26H20ClN3O4S/c1-33-21-10-9-17(14-18(21)27)30-24(23(29-26(30)35)19-4-2-3-13-28-19)22-12-11-20(34-22)15-5-7-16(8-6-15)25(31)32/h2-14,23-24H,1H3,(H,29,35)(H,31,32)/t23-,24-/m1/s1. The molecule has 0 spiro atoms. The second-order valence-corrected chi connectivity index (χ2v) is 8.69. The highest BCUT2D eigenvalue weighted by molar-refractivity contribution is 7.80. The Balaban J connectivity index is 1.57. The van der Waals surface area contributed by atoms with E-state index in [-0.39, 0.29) is 17.6 Å².